The zero-order valence-corrected chi connectivity index (χ0v) is 15.2. The summed E-state index contributed by atoms with van der Waals surface area (Å²) in [6, 6.07) is 8.10. The Labute approximate surface area is 157 Å². The molecule has 1 aromatic rings. The molecule has 9 heteroatoms. The molecule has 0 saturated heterocycles. The van der Waals surface area contributed by atoms with Crippen LogP contribution in [-0.4, -0.2) is 42.0 Å². The molecular weight excluding hydrogens is 354 g/mol. The van der Waals surface area contributed by atoms with E-state index in [-0.39, 0.29) is 37.5 Å². The number of esters is 1. The number of rotatable bonds is 11. The Morgan fingerprint density at radius 1 is 0.963 bits per heavy atom. The number of anilines is 1. The van der Waals surface area contributed by atoms with Crippen molar-refractivity contribution in [2.45, 2.75) is 44.6 Å². The Kier molecular flexibility index (Phi) is 10.2. The normalized spacial score (nSPS) is 11.2. The summed E-state index contributed by atoms with van der Waals surface area (Å²) in [6.07, 6.45) is 1.26. The van der Waals surface area contributed by atoms with Crippen molar-refractivity contribution >= 4 is 29.4 Å². The number of hydrogen-bond donors (Lipinski definition) is 4. The summed E-state index contributed by atoms with van der Waals surface area (Å²) < 4.78 is 4.59. The number of ether oxygens (including phenoxy) is 1. The molecule has 4 N–H and O–H groups in total. The lowest BCUT2D eigenvalue weighted by atomic mass is 10.1. The highest BCUT2D eigenvalue weighted by atomic mass is 16.5. The van der Waals surface area contributed by atoms with Gasteiger partial charge in [-0.15, -0.1) is 0 Å². The van der Waals surface area contributed by atoms with Crippen molar-refractivity contribution in [3.05, 3.63) is 30.3 Å². The third kappa shape index (κ3) is 9.36. The second-order valence-corrected chi connectivity index (χ2v) is 5.84. The summed E-state index contributed by atoms with van der Waals surface area (Å²) in [7, 11) is 1.18. The lowest BCUT2D eigenvalue weighted by Crippen LogP contribution is -2.42. The largest absolute Gasteiger partial charge is 0.467 e. The van der Waals surface area contributed by atoms with Crippen molar-refractivity contribution in [2.75, 3.05) is 12.4 Å². The van der Waals surface area contributed by atoms with E-state index >= 15 is 0 Å². The van der Waals surface area contributed by atoms with Crippen LogP contribution in [0.25, 0.3) is 0 Å². The molecule has 0 aliphatic rings. The highest BCUT2D eigenvalue weighted by Crippen LogP contribution is 2.08. The quantitative estimate of drug-likeness (QED) is 0.197. The summed E-state index contributed by atoms with van der Waals surface area (Å²) in [6.45, 7) is 0. The van der Waals surface area contributed by atoms with Gasteiger partial charge >= 0.3 is 5.97 Å². The average molecular weight is 379 g/mol. The van der Waals surface area contributed by atoms with Gasteiger partial charge in [0, 0.05) is 24.9 Å². The number of hydrogen-bond acceptors (Lipinski definition) is 6. The first kappa shape index (κ1) is 22.1. The van der Waals surface area contributed by atoms with Gasteiger partial charge in [0.2, 0.25) is 17.7 Å². The van der Waals surface area contributed by atoms with E-state index in [1.54, 1.807) is 12.1 Å². The lowest BCUT2D eigenvalue weighted by molar-refractivity contribution is -0.145. The third-order valence-corrected chi connectivity index (χ3v) is 3.72. The molecule has 1 atom stereocenters. The fourth-order valence-electron chi connectivity index (χ4n) is 2.31. The number of unbranched alkanes of at least 4 members (excludes halogenated alkanes) is 1. The monoisotopic (exact) mass is 379 g/mol. The lowest BCUT2D eigenvalue weighted by Gasteiger charge is -2.16. The van der Waals surface area contributed by atoms with E-state index in [2.05, 4.69) is 15.4 Å². The predicted molar refractivity (Wildman–Crippen MR) is 96.6 cm³/mol. The van der Waals surface area contributed by atoms with E-state index in [0.29, 0.717) is 18.5 Å². The Balaban J connectivity index is 2.29. The molecule has 0 radical (unpaired) electrons. The molecule has 0 aromatic heterocycles. The molecule has 0 aliphatic carbocycles. The van der Waals surface area contributed by atoms with Gasteiger partial charge in [0.05, 0.1) is 7.11 Å². The van der Waals surface area contributed by atoms with Crippen molar-refractivity contribution in [3.8, 4) is 0 Å². The molecule has 9 nitrogen and oxygen atoms in total. The van der Waals surface area contributed by atoms with Crippen molar-refractivity contribution in [1.29, 1.82) is 0 Å². The molecule has 1 rings (SSSR count). The van der Waals surface area contributed by atoms with Gasteiger partial charge in [0.1, 0.15) is 6.04 Å². The van der Waals surface area contributed by atoms with E-state index in [4.69, 9.17) is 5.21 Å². The van der Waals surface area contributed by atoms with Crippen LogP contribution in [0.5, 0.6) is 0 Å². The van der Waals surface area contributed by atoms with Crippen LogP contribution in [0.2, 0.25) is 0 Å². The highest BCUT2D eigenvalue weighted by Gasteiger charge is 2.22. The topological polar surface area (TPSA) is 134 Å². The molecule has 0 spiro atoms. The van der Waals surface area contributed by atoms with Gasteiger partial charge in [-0.1, -0.05) is 18.2 Å². The fourth-order valence-corrected chi connectivity index (χ4v) is 2.31. The predicted octanol–water partition coefficient (Wildman–Crippen LogP) is 1.13. The minimum Gasteiger partial charge on any atom is -0.467 e. The standard InChI is InChI=1S/C18H25N3O6/c1-27-18(25)14(11-12-17(24)21-26)20-16(23)10-6-5-9-15(22)19-13-7-3-2-4-8-13/h2-4,7-8,14,26H,5-6,9-12H2,1H3,(H,19,22)(H,20,23)(H,21,24)/t14-/m0/s1. The van der Waals surface area contributed by atoms with Crippen LogP contribution in [0.15, 0.2) is 30.3 Å². The van der Waals surface area contributed by atoms with Crippen LogP contribution in [-0.2, 0) is 23.9 Å². The van der Waals surface area contributed by atoms with Gasteiger partial charge in [0.25, 0.3) is 0 Å². The number of carbonyl (C=O) groups is 4. The summed E-state index contributed by atoms with van der Waals surface area (Å²) in [5, 5.41) is 13.7. The first-order chi connectivity index (χ1) is 13.0. The summed E-state index contributed by atoms with van der Waals surface area (Å²) in [4.78, 5) is 46.5. The van der Waals surface area contributed by atoms with Gasteiger partial charge < -0.3 is 15.4 Å². The van der Waals surface area contributed by atoms with E-state index in [1.807, 2.05) is 18.2 Å². The second kappa shape index (κ2) is 12.4. The maximum absolute atomic E-state index is 12.0. The Morgan fingerprint density at radius 3 is 2.19 bits per heavy atom. The number of methoxy groups -OCH3 is 1. The molecular formula is C18H25N3O6. The minimum absolute atomic E-state index is 0.00425. The van der Waals surface area contributed by atoms with Crippen LogP contribution < -0.4 is 16.1 Å². The van der Waals surface area contributed by atoms with Gasteiger partial charge in [-0.25, -0.2) is 10.3 Å². The second-order valence-electron chi connectivity index (χ2n) is 5.84. The third-order valence-electron chi connectivity index (χ3n) is 3.72. The molecule has 27 heavy (non-hydrogen) atoms. The minimum atomic E-state index is -0.971. The van der Waals surface area contributed by atoms with E-state index < -0.39 is 17.9 Å². The number of benzene rings is 1. The fraction of sp³-hybridized carbons (Fsp3) is 0.444. The van der Waals surface area contributed by atoms with Gasteiger partial charge in [0.15, 0.2) is 0 Å². The van der Waals surface area contributed by atoms with Crippen LogP contribution in [0.3, 0.4) is 0 Å². The zero-order chi connectivity index (χ0) is 20.1. The average Bonchev–Trinajstić information content (AvgIpc) is 2.68. The molecule has 0 fully saturated rings. The van der Waals surface area contributed by atoms with Gasteiger partial charge in [-0.3, -0.25) is 19.6 Å². The number of amides is 3. The van der Waals surface area contributed by atoms with Crippen molar-refractivity contribution < 1.29 is 29.1 Å². The van der Waals surface area contributed by atoms with E-state index in [9.17, 15) is 19.2 Å². The van der Waals surface area contributed by atoms with Gasteiger partial charge in [-0.2, -0.15) is 0 Å². The highest BCUT2D eigenvalue weighted by molar-refractivity contribution is 5.90. The summed E-state index contributed by atoms with van der Waals surface area (Å²) in [5.41, 5.74) is 2.17. The van der Waals surface area contributed by atoms with Crippen molar-refractivity contribution in [3.63, 3.8) is 0 Å². The first-order valence-corrected chi connectivity index (χ1v) is 8.61. The molecule has 0 bridgehead atoms. The number of para-hydroxylation sites is 1. The maximum atomic E-state index is 12.0. The zero-order valence-electron chi connectivity index (χ0n) is 15.2. The van der Waals surface area contributed by atoms with Crippen LogP contribution >= 0.6 is 0 Å². The molecule has 0 saturated carbocycles. The van der Waals surface area contributed by atoms with Gasteiger partial charge in [-0.05, 0) is 31.4 Å². The molecule has 3 amide bonds. The van der Waals surface area contributed by atoms with Crippen molar-refractivity contribution in [1.82, 2.24) is 10.8 Å². The van der Waals surface area contributed by atoms with E-state index in [0.717, 1.165) is 0 Å². The van der Waals surface area contributed by atoms with Crippen molar-refractivity contribution in [2.24, 2.45) is 0 Å². The number of nitrogens with one attached hydrogen (secondary N) is 3. The first-order valence-electron chi connectivity index (χ1n) is 8.61. The number of carbonyl (C=O) groups excluding carboxylic acids is 4. The van der Waals surface area contributed by atoms with Crippen LogP contribution in [0.4, 0.5) is 5.69 Å². The van der Waals surface area contributed by atoms with Crippen LogP contribution in [0, 0.1) is 0 Å². The maximum Gasteiger partial charge on any atom is 0.328 e. The molecule has 0 aliphatic heterocycles. The SMILES string of the molecule is COC(=O)[C@H](CCC(=O)NO)NC(=O)CCCCC(=O)Nc1ccccc1. The molecule has 148 valence electrons. The Morgan fingerprint density at radius 2 is 1.59 bits per heavy atom. The summed E-state index contributed by atoms with van der Waals surface area (Å²) >= 11 is 0. The Hall–Kier alpha value is -2.94. The summed E-state index contributed by atoms with van der Waals surface area (Å²) in [5.74, 6) is -1.85. The smallest absolute Gasteiger partial charge is 0.328 e. The Bertz CT molecular complexity index is 635. The van der Waals surface area contributed by atoms with E-state index in [1.165, 1.54) is 12.6 Å². The molecule has 0 unspecified atom stereocenters. The number of hydroxylamine groups is 1. The molecule has 0 heterocycles. The van der Waals surface area contributed by atoms with Crippen LogP contribution in [0.1, 0.15) is 38.5 Å². The molecule has 1 aromatic carbocycles.